The molecule has 112 valence electrons. The monoisotopic (exact) mass is 300 g/mol. The van der Waals surface area contributed by atoms with E-state index in [1.807, 2.05) is 13.8 Å². The van der Waals surface area contributed by atoms with Gasteiger partial charge in [-0.1, -0.05) is 13.8 Å². The topological polar surface area (TPSA) is 106 Å². The Kier molecular flexibility index (Phi) is 4.01. The molecule has 7 nitrogen and oxygen atoms in total. The minimum Gasteiger partial charge on any atom is -0.381 e. The van der Waals surface area contributed by atoms with Gasteiger partial charge in [-0.3, -0.25) is 0 Å². The number of nitrogens with two attached hydrogens (primary N) is 1. The smallest absolute Gasteiger partial charge is 0.244 e. The molecule has 1 aliphatic carbocycles. The molecule has 2 rings (SSSR count). The minimum atomic E-state index is -3.68. The molecule has 8 heteroatoms. The van der Waals surface area contributed by atoms with Crippen LogP contribution in [0.25, 0.3) is 0 Å². The quantitative estimate of drug-likeness (QED) is 0.539. The van der Waals surface area contributed by atoms with Gasteiger partial charge >= 0.3 is 0 Å². The number of aromatic nitrogens is 1. The van der Waals surface area contributed by atoms with Gasteiger partial charge in [-0.05, 0) is 18.6 Å². The van der Waals surface area contributed by atoms with Crippen LogP contribution >= 0.6 is 0 Å². The summed E-state index contributed by atoms with van der Waals surface area (Å²) in [5, 5.41) is 0. The van der Waals surface area contributed by atoms with Gasteiger partial charge in [-0.15, -0.1) is 0 Å². The molecule has 1 aromatic rings. The number of methoxy groups -OCH3 is 1. The zero-order chi connectivity index (χ0) is 15.0. The van der Waals surface area contributed by atoms with Crippen molar-refractivity contribution in [3.63, 3.8) is 0 Å². The lowest BCUT2D eigenvalue weighted by atomic mass is 9.65. The highest BCUT2D eigenvalue weighted by Crippen LogP contribution is 2.43. The van der Waals surface area contributed by atoms with Crippen molar-refractivity contribution in [1.82, 2.24) is 9.71 Å². The van der Waals surface area contributed by atoms with E-state index >= 15 is 0 Å². The van der Waals surface area contributed by atoms with Crippen LogP contribution in [-0.2, 0) is 14.8 Å². The van der Waals surface area contributed by atoms with Crippen molar-refractivity contribution in [3.8, 4) is 0 Å². The number of pyridine rings is 1. The maximum atomic E-state index is 12.4. The number of hydrogen-bond donors (Lipinski definition) is 3. The molecule has 1 aromatic heterocycles. The molecule has 20 heavy (non-hydrogen) atoms. The zero-order valence-corrected chi connectivity index (χ0v) is 12.6. The predicted octanol–water partition coefficient (Wildman–Crippen LogP) is 0.459. The summed E-state index contributed by atoms with van der Waals surface area (Å²) >= 11 is 0. The number of anilines is 1. The Morgan fingerprint density at radius 3 is 2.75 bits per heavy atom. The second-order valence-electron chi connectivity index (χ2n) is 5.45. The summed E-state index contributed by atoms with van der Waals surface area (Å²) in [5.41, 5.74) is 2.05. The van der Waals surface area contributed by atoms with E-state index in [2.05, 4.69) is 15.1 Å². The molecule has 0 amide bonds. The Morgan fingerprint density at radius 1 is 1.50 bits per heavy atom. The van der Waals surface area contributed by atoms with Crippen LogP contribution in [0.15, 0.2) is 23.2 Å². The number of hydrazine groups is 1. The SMILES string of the molecule is COC1CC(NS(=O)(=O)c2cccnc2NN)C1(C)C. The molecule has 0 saturated heterocycles. The molecule has 1 fully saturated rings. The van der Waals surface area contributed by atoms with Crippen LogP contribution in [0.1, 0.15) is 20.3 Å². The fourth-order valence-corrected chi connectivity index (χ4v) is 3.98. The third-order valence-electron chi connectivity index (χ3n) is 3.96. The summed E-state index contributed by atoms with van der Waals surface area (Å²) in [4.78, 5) is 3.94. The zero-order valence-electron chi connectivity index (χ0n) is 11.8. The first-order chi connectivity index (χ1) is 9.32. The Bertz CT molecular complexity index is 588. The molecule has 2 unspecified atom stereocenters. The number of nitrogens with zero attached hydrogens (tertiary/aromatic N) is 1. The highest BCUT2D eigenvalue weighted by Gasteiger charge is 2.50. The van der Waals surface area contributed by atoms with Crippen LogP contribution in [-0.4, -0.2) is 32.7 Å². The molecular formula is C12H20N4O3S. The van der Waals surface area contributed by atoms with Gasteiger partial charge in [-0.2, -0.15) is 0 Å². The number of ether oxygens (including phenoxy) is 1. The lowest BCUT2D eigenvalue weighted by Crippen LogP contribution is -2.61. The van der Waals surface area contributed by atoms with Crippen molar-refractivity contribution in [3.05, 3.63) is 18.3 Å². The first-order valence-corrected chi connectivity index (χ1v) is 7.78. The summed E-state index contributed by atoms with van der Waals surface area (Å²) in [6.45, 7) is 3.95. The van der Waals surface area contributed by atoms with Crippen molar-refractivity contribution in [2.75, 3.05) is 12.5 Å². The van der Waals surface area contributed by atoms with Gasteiger partial charge in [0.15, 0.2) is 5.82 Å². The van der Waals surface area contributed by atoms with Gasteiger partial charge in [0, 0.05) is 24.8 Å². The summed E-state index contributed by atoms with van der Waals surface area (Å²) in [5.74, 6) is 5.42. The van der Waals surface area contributed by atoms with Crippen LogP contribution < -0.4 is 16.0 Å². The maximum Gasteiger partial charge on any atom is 0.244 e. The van der Waals surface area contributed by atoms with Crippen molar-refractivity contribution < 1.29 is 13.2 Å². The molecule has 0 aliphatic heterocycles. The second-order valence-corrected chi connectivity index (χ2v) is 7.13. The molecule has 1 aliphatic rings. The standard InChI is InChI=1S/C12H20N4O3S/c1-12(2)9(7-10(12)19-3)16-20(17,18)8-5-4-6-14-11(8)15-13/h4-6,9-10,16H,7,13H2,1-3H3,(H,14,15). The van der Waals surface area contributed by atoms with Crippen molar-refractivity contribution in [2.45, 2.75) is 37.3 Å². The van der Waals surface area contributed by atoms with Gasteiger partial charge in [0.05, 0.1) is 6.10 Å². The van der Waals surface area contributed by atoms with E-state index in [-0.39, 0.29) is 28.3 Å². The Labute approximate surface area is 118 Å². The van der Waals surface area contributed by atoms with E-state index in [0.29, 0.717) is 6.42 Å². The van der Waals surface area contributed by atoms with Gasteiger partial charge in [-0.25, -0.2) is 24.0 Å². The highest BCUT2D eigenvalue weighted by atomic mass is 32.2. The fraction of sp³-hybridized carbons (Fsp3) is 0.583. The third kappa shape index (κ3) is 2.51. The van der Waals surface area contributed by atoms with Crippen LogP contribution in [0.2, 0.25) is 0 Å². The summed E-state index contributed by atoms with van der Waals surface area (Å²) in [7, 11) is -2.04. The second kappa shape index (κ2) is 5.28. The van der Waals surface area contributed by atoms with E-state index < -0.39 is 10.0 Å². The first-order valence-electron chi connectivity index (χ1n) is 6.29. The number of hydrogen-bond acceptors (Lipinski definition) is 6. The molecule has 0 aromatic carbocycles. The third-order valence-corrected chi connectivity index (χ3v) is 5.46. The van der Waals surface area contributed by atoms with E-state index in [9.17, 15) is 8.42 Å². The molecular weight excluding hydrogens is 280 g/mol. The lowest BCUT2D eigenvalue weighted by Gasteiger charge is -2.50. The van der Waals surface area contributed by atoms with E-state index in [0.717, 1.165) is 0 Å². The number of sulfonamides is 1. The molecule has 1 heterocycles. The van der Waals surface area contributed by atoms with Crippen LogP contribution in [0, 0.1) is 5.41 Å². The highest BCUT2D eigenvalue weighted by molar-refractivity contribution is 7.89. The van der Waals surface area contributed by atoms with Crippen LogP contribution in [0.5, 0.6) is 0 Å². The maximum absolute atomic E-state index is 12.4. The minimum absolute atomic E-state index is 0.0409. The lowest BCUT2D eigenvalue weighted by molar-refractivity contribution is -0.0908. The van der Waals surface area contributed by atoms with Crippen molar-refractivity contribution in [1.29, 1.82) is 0 Å². The average molecular weight is 300 g/mol. The van der Waals surface area contributed by atoms with Crippen LogP contribution in [0.3, 0.4) is 0 Å². The van der Waals surface area contributed by atoms with Gasteiger partial charge in [0.1, 0.15) is 4.90 Å². The van der Waals surface area contributed by atoms with Crippen molar-refractivity contribution >= 4 is 15.8 Å². The molecule has 0 radical (unpaired) electrons. The Morgan fingerprint density at radius 2 is 2.20 bits per heavy atom. The summed E-state index contributed by atoms with van der Waals surface area (Å²) < 4.78 is 32.8. The van der Waals surface area contributed by atoms with E-state index in [1.54, 1.807) is 13.2 Å². The summed E-state index contributed by atoms with van der Waals surface area (Å²) in [6.07, 6.45) is 2.17. The normalized spacial score (nSPS) is 25.0. The average Bonchev–Trinajstić information content (AvgIpc) is 2.43. The molecule has 0 bridgehead atoms. The van der Waals surface area contributed by atoms with Gasteiger partial charge < -0.3 is 10.2 Å². The van der Waals surface area contributed by atoms with Gasteiger partial charge in [0.2, 0.25) is 10.0 Å². The first kappa shape index (κ1) is 15.2. The fourth-order valence-electron chi connectivity index (χ4n) is 2.45. The summed E-state index contributed by atoms with van der Waals surface area (Å²) in [6, 6.07) is 2.84. The van der Waals surface area contributed by atoms with Gasteiger partial charge in [0.25, 0.3) is 0 Å². The molecule has 1 saturated carbocycles. The molecule has 0 spiro atoms. The Balaban J connectivity index is 2.21. The van der Waals surface area contributed by atoms with E-state index in [1.165, 1.54) is 12.3 Å². The number of rotatable bonds is 5. The predicted molar refractivity (Wildman–Crippen MR) is 75.4 cm³/mol. The largest absolute Gasteiger partial charge is 0.381 e. The van der Waals surface area contributed by atoms with Crippen molar-refractivity contribution in [2.24, 2.45) is 11.3 Å². The number of nitrogen functional groups attached to an aromatic ring is 1. The number of nitrogens with one attached hydrogen (secondary N) is 2. The Hall–Kier alpha value is -1.22. The molecule has 4 N–H and O–H groups in total. The molecule has 2 atom stereocenters. The van der Waals surface area contributed by atoms with E-state index in [4.69, 9.17) is 10.6 Å². The van der Waals surface area contributed by atoms with Crippen LogP contribution in [0.4, 0.5) is 5.82 Å².